The predicted molar refractivity (Wildman–Crippen MR) is 65.4 cm³/mol. The van der Waals surface area contributed by atoms with Crippen molar-refractivity contribution in [2.24, 2.45) is 0 Å². The standard InChI is InChI=1S/C13H20N2O2/c1-3-8-14-13(12(16)17-2)7-10-15-9-5-4-6-11(13)15/h1,11,14H,4-10H2,2H3. The monoisotopic (exact) mass is 236 g/mol. The molecule has 0 amide bonds. The molecule has 0 aromatic rings. The van der Waals surface area contributed by atoms with Gasteiger partial charge in [0.25, 0.3) is 0 Å². The molecule has 2 fully saturated rings. The van der Waals surface area contributed by atoms with Crippen LogP contribution in [0.1, 0.15) is 25.7 Å². The van der Waals surface area contributed by atoms with Crippen LogP contribution in [0.5, 0.6) is 0 Å². The van der Waals surface area contributed by atoms with E-state index in [1.54, 1.807) is 0 Å². The van der Waals surface area contributed by atoms with Gasteiger partial charge in [-0.1, -0.05) is 12.3 Å². The predicted octanol–water partition coefficient (Wildman–Crippen LogP) is 0.379. The van der Waals surface area contributed by atoms with Crippen LogP contribution in [0, 0.1) is 12.3 Å². The van der Waals surface area contributed by atoms with E-state index in [1.165, 1.54) is 20.0 Å². The Morgan fingerprint density at radius 1 is 1.59 bits per heavy atom. The molecular formula is C13H20N2O2. The second-order valence-electron chi connectivity index (χ2n) is 4.82. The van der Waals surface area contributed by atoms with E-state index in [0.717, 1.165) is 25.9 Å². The summed E-state index contributed by atoms with van der Waals surface area (Å²) < 4.78 is 4.99. The quantitative estimate of drug-likeness (QED) is 0.568. The van der Waals surface area contributed by atoms with Crippen LogP contribution < -0.4 is 5.32 Å². The van der Waals surface area contributed by atoms with Gasteiger partial charge < -0.3 is 4.74 Å². The van der Waals surface area contributed by atoms with Crippen LogP contribution in [-0.2, 0) is 9.53 Å². The lowest BCUT2D eigenvalue weighted by Crippen LogP contribution is -2.61. The average molecular weight is 236 g/mol. The van der Waals surface area contributed by atoms with Gasteiger partial charge >= 0.3 is 5.97 Å². The van der Waals surface area contributed by atoms with Gasteiger partial charge in [0.2, 0.25) is 0 Å². The van der Waals surface area contributed by atoms with Crippen molar-refractivity contribution in [2.45, 2.75) is 37.3 Å². The Morgan fingerprint density at radius 2 is 2.41 bits per heavy atom. The maximum atomic E-state index is 12.1. The Balaban J connectivity index is 2.21. The molecule has 0 radical (unpaired) electrons. The number of piperidine rings is 1. The van der Waals surface area contributed by atoms with E-state index in [0.29, 0.717) is 6.54 Å². The zero-order valence-electron chi connectivity index (χ0n) is 10.4. The van der Waals surface area contributed by atoms with Crippen molar-refractivity contribution in [2.75, 3.05) is 26.7 Å². The molecule has 1 N–H and O–H groups in total. The second-order valence-corrected chi connectivity index (χ2v) is 4.82. The third kappa shape index (κ3) is 2.05. The lowest BCUT2D eigenvalue weighted by molar-refractivity contribution is -0.150. The molecule has 0 bridgehead atoms. The van der Waals surface area contributed by atoms with Crippen molar-refractivity contribution in [3.63, 3.8) is 0 Å². The van der Waals surface area contributed by atoms with Crippen molar-refractivity contribution in [1.29, 1.82) is 0 Å². The maximum Gasteiger partial charge on any atom is 0.327 e. The smallest absolute Gasteiger partial charge is 0.327 e. The van der Waals surface area contributed by atoms with Gasteiger partial charge in [-0.2, -0.15) is 0 Å². The number of carbonyl (C=O) groups excluding carboxylic acids is 1. The molecule has 17 heavy (non-hydrogen) atoms. The molecule has 2 aliphatic heterocycles. The number of ether oxygens (including phenoxy) is 1. The molecular weight excluding hydrogens is 216 g/mol. The molecule has 2 heterocycles. The SMILES string of the molecule is C#CCNC1(C(=O)OC)CCN2CCCCC21. The van der Waals surface area contributed by atoms with Gasteiger partial charge in [0.15, 0.2) is 0 Å². The minimum absolute atomic E-state index is 0.165. The van der Waals surface area contributed by atoms with E-state index in [4.69, 9.17) is 11.2 Å². The highest BCUT2D eigenvalue weighted by molar-refractivity contribution is 5.82. The van der Waals surface area contributed by atoms with Crippen LogP contribution in [0.4, 0.5) is 0 Å². The Hall–Kier alpha value is -1.05. The summed E-state index contributed by atoms with van der Waals surface area (Å²) in [7, 11) is 1.45. The molecule has 2 rings (SSSR count). The molecule has 2 saturated heterocycles. The number of nitrogens with zero attached hydrogens (tertiary/aromatic N) is 1. The second kappa shape index (κ2) is 5.07. The van der Waals surface area contributed by atoms with Gasteiger partial charge in [-0.05, 0) is 25.8 Å². The third-order valence-corrected chi connectivity index (χ3v) is 4.03. The van der Waals surface area contributed by atoms with Gasteiger partial charge in [-0.3, -0.25) is 10.2 Å². The first-order chi connectivity index (χ1) is 8.24. The fourth-order valence-corrected chi connectivity index (χ4v) is 3.21. The van der Waals surface area contributed by atoms with Gasteiger partial charge in [0, 0.05) is 12.6 Å². The number of carbonyl (C=O) groups is 1. The van der Waals surface area contributed by atoms with Crippen LogP contribution in [0.2, 0.25) is 0 Å². The highest BCUT2D eigenvalue weighted by Crippen LogP contribution is 2.35. The summed E-state index contributed by atoms with van der Waals surface area (Å²) in [6.45, 7) is 2.46. The fraction of sp³-hybridized carbons (Fsp3) is 0.769. The molecule has 2 atom stereocenters. The lowest BCUT2D eigenvalue weighted by atomic mass is 9.85. The van der Waals surface area contributed by atoms with E-state index in [2.05, 4.69) is 16.1 Å². The Labute approximate surface area is 103 Å². The van der Waals surface area contributed by atoms with E-state index in [-0.39, 0.29) is 12.0 Å². The van der Waals surface area contributed by atoms with Crippen LogP contribution in [-0.4, -0.2) is 49.2 Å². The van der Waals surface area contributed by atoms with E-state index >= 15 is 0 Å². The van der Waals surface area contributed by atoms with E-state index < -0.39 is 5.54 Å². The first-order valence-electron chi connectivity index (χ1n) is 6.25. The van der Waals surface area contributed by atoms with Crippen LogP contribution in [0.25, 0.3) is 0 Å². The summed E-state index contributed by atoms with van der Waals surface area (Å²) in [5.41, 5.74) is -0.582. The zero-order valence-corrected chi connectivity index (χ0v) is 10.4. The molecule has 4 heteroatoms. The number of rotatable bonds is 3. The average Bonchev–Trinajstić information content (AvgIpc) is 2.76. The zero-order chi connectivity index (χ0) is 12.3. The number of terminal acetylenes is 1. The maximum absolute atomic E-state index is 12.1. The van der Waals surface area contributed by atoms with Crippen LogP contribution in [0.3, 0.4) is 0 Å². The summed E-state index contributed by atoms with van der Waals surface area (Å²) in [5.74, 6) is 2.39. The summed E-state index contributed by atoms with van der Waals surface area (Å²) in [4.78, 5) is 14.5. The molecule has 4 nitrogen and oxygen atoms in total. The van der Waals surface area contributed by atoms with Crippen molar-refractivity contribution in [3.05, 3.63) is 0 Å². The largest absolute Gasteiger partial charge is 0.468 e. The number of fused-ring (bicyclic) bond motifs is 1. The number of nitrogens with one attached hydrogen (secondary N) is 1. The topological polar surface area (TPSA) is 41.6 Å². The van der Waals surface area contributed by atoms with Crippen molar-refractivity contribution in [1.82, 2.24) is 10.2 Å². The van der Waals surface area contributed by atoms with Gasteiger partial charge in [0.1, 0.15) is 5.54 Å². The number of methoxy groups -OCH3 is 1. The number of hydrogen-bond acceptors (Lipinski definition) is 4. The highest BCUT2D eigenvalue weighted by atomic mass is 16.5. The van der Waals surface area contributed by atoms with Crippen LogP contribution in [0.15, 0.2) is 0 Å². The number of esters is 1. The summed E-state index contributed by atoms with van der Waals surface area (Å²) in [6.07, 6.45) is 9.55. The molecule has 0 saturated carbocycles. The molecule has 0 aromatic heterocycles. The van der Waals surface area contributed by atoms with Crippen molar-refractivity contribution >= 4 is 5.97 Å². The van der Waals surface area contributed by atoms with Gasteiger partial charge in [-0.15, -0.1) is 6.42 Å². The normalized spacial score (nSPS) is 32.8. The molecule has 94 valence electrons. The summed E-state index contributed by atoms with van der Waals surface area (Å²) in [5, 5.41) is 3.24. The third-order valence-electron chi connectivity index (χ3n) is 4.03. The van der Waals surface area contributed by atoms with Crippen LogP contribution >= 0.6 is 0 Å². The summed E-state index contributed by atoms with van der Waals surface area (Å²) >= 11 is 0. The molecule has 0 aliphatic carbocycles. The van der Waals surface area contributed by atoms with Gasteiger partial charge in [0.05, 0.1) is 13.7 Å². The number of hydrogen-bond donors (Lipinski definition) is 1. The fourth-order valence-electron chi connectivity index (χ4n) is 3.21. The molecule has 0 spiro atoms. The Morgan fingerprint density at radius 3 is 3.12 bits per heavy atom. The minimum atomic E-state index is -0.582. The first kappa shape index (κ1) is 12.4. The van der Waals surface area contributed by atoms with E-state index in [1.807, 2.05) is 0 Å². The van der Waals surface area contributed by atoms with E-state index in [9.17, 15) is 4.79 Å². The Kier molecular flexibility index (Phi) is 3.70. The Bertz CT molecular complexity index is 337. The molecule has 2 unspecified atom stereocenters. The summed E-state index contributed by atoms with van der Waals surface area (Å²) in [6, 6.07) is 0.247. The minimum Gasteiger partial charge on any atom is -0.468 e. The van der Waals surface area contributed by atoms with Crippen molar-refractivity contribution in [3.8, 4) is 12.3 Å². The molecule has 0 aromatic carbocycles. The first-order valence-corrected chi connectivity index (χ1v) is 6.25. The highest BCUT2D eigenvalue weighted by Gasteiger charge is 2.53. The lowest BCUT2D eigenvalue weighted by Gasteiger charge is -2.39. The van der Waals surface area contributed by atoms with Gasteiger partial charge in [-0.25, -0.2) is 4.79 Å². The molecule has 2 aliphatic rings. The van der Waals surface area contributed by atoms with Crippen molar-refractivity contribution < 1.29 is 9.53 Å².